The van der Waals surface area contributed by atoms with Gasteiger partial charge in [-0.15, -0.1) is 0 Å². The normalized spacial score (nSPS) is 13.0. The van der Waals surface area contributed by atoms with Gasteiger partial charge in [-0.2, -0.15) is 0 Å². The van der Waals surface area contributed by atoms with Crippen LogP contribution in [0.1, 0.15) is 11.1 Å². The highest BCUT2D eigenvalue weighted by Gasteiger charge is 2.19. The first-order chi connectivity index (χ1) is 9.73. The Balaban J connectivity index is 3.03. The van der Waals surface area contributed by atoms with E-state index in [0.717, 1.165) is 0 Å². The molecule has 0 fully saturated rings. The molecular weight excluding hydrogens is 301 g/mol. The Hall–Kier alpha value is -1.44. The molecule has 0 saturated carbocycles. The van der Waals surface area contributed by atoms with Crippen LogP contribution in [0.4, 0.5) is 0 Å². The lowest BCUT2D eigenvalue weighted by atomic mass is 10.0. The molecule has 1 aromatic rings. The molecule has 9 heteroatoms. The Morgan fingerprint density at radius 2 is 2.10 bits per heavy atom. The van der Waals surface area contributed by atoms with Gasteiger partial charge < -0.3 is 30.1 Å². The van der Waals surface area contributed by atoms with E-state index < -0.39 is 25.8 Å². The summed E-state index contributed by atoms with van der Waals surface area (Å²) in [6.07, 6.45) is -0.462. The van der Waals surface area contributed by atoms with E-state index in [1.807, 2.05) is 0 Å². The fourth-order valence-corrected chi connectivity index (χ4v) is 2.39. The second kappa shape index (κ2) is 7.53. The molecule has 1 aromatic carbocycles. The van der Waals surface area contributed by atoms with E-state index >= 15 is 0 Å². The van der Waals surface area contributed by atoms with E-state index in [4.69, 9.17) is 30.1 Å². The van der Waals surface area contributed by atoms with E-state index in [1.54, 1.807) is 0 Å². The SMILES string of the molecule is COCOc1ccc(CP(=O)(O)O)cc1C[C@H](N)C(=O)O. The van der Waals surface area contributed by atoms with Crippen LogP contribution in [0.5, 0.6) is 5.75 Å². The van der Waals surface area contributed by atoms with Crippen molar-refractivity contribution in [3.05, 3.63) is 29.3 Å². The van der Waals surface area contributed by atoms with E-state index in [9.17, 15) is 9.36 Å². The summed E-state index contributed by atoms with van der Waals surface area (Å²) in [5.74, 6) is -0.809. The van der Waals surface area contributed by atoms with Crippen LogP contribution >= 0.6 is 7.60 Å². The Morgan fingerprint density at radius 1 is 1.43 bits per heavy atom. The summed E-state index contributed by atoms with van der Waals surface area (Å²) < 4.78 is 21.1. The predicted molar refractivity (Wildman–Crippen MR) is 74.0 cm³/mol. The summed E-state index contributed by atoms with van der Waals surface area (Å²) in [6.45, 7) is -0.0346. The van der Waals surface area contributed by atoms with E-state index in [-0.39, 0.29) is 13.2 Å². The largest absolute Gasteiger partial charge is 0.480 e. The zero-order valence-electron chi connectivity index (χ0n) is 11.4. The highest BCUT2D eigenvalue weighted by Crippen LogP contribution is 2.39. The third-order valence-corrected chi connectivity index (χ3v) is 3.38. The summed E-state index contributed by atoms with van der Waals surface area (Å²) in [4.78, 5) is 28.8. The van der Waals surface area contributed by atoms with Gasteiger partial charge in [0.2, 0.25) is 0 Å². The van der Waals surface area contributed by atoms with Crippen LogP contribution in [0, 0.1) is 0 Å². The van der Waals surface area contributed by atoms with Crippen molar-refractivity contribution < 1.29 is 33.7 Å². The Kier molecular flexibility index (Phi) is 6.32. The van der Waals surface area contributed by atoms with Crippen LogP contribution < -0.4 is 10.5 Å². The highest BCUT2D eigenvalue weighted by molar-refractivity contribution is 7.50. The van der Waals surface area contributed by atoms with Gasteiger partial charge >= 0.3 is 13.6 Å². The van der Waals surface area contributed by atoms with E-state index in [2.05, 4.69) is 0 Å². The fraction of sp³-hybridized carbons (Fsp3) is 0.417. The number of carboxylic acids is 1. The van der Waals surface area contributed by atoms with Crippen LogP contribution in [0.2, 0.25) is 0 Å². The topological polar surface area (TPSA) is 139 Å². The van der Waals surface area contributed by atoms with Crippen molar-refractivity contribution in [3.63, 3.8) is 0 Å². The highest BCUT2D eigenvalue weighted by atomic mass is 31.2. The zero-order chi connectivity index (χ0) is 16.0. The Bertz CT molecular complexity index is 542. The molecule has 0 unspecified atom stereocenters. The van der Waals surface area contributed by atoms with Crippen molar-refractivity contribution >= 4 is 13.6 Å². The summed E-state index contributed by atoms with van der Waals surface area (Å²) in [5, 5.41) is 8.85. The Morgan fingerprint density at radius 3 is 2.62 bits per heavy atom. The monoisotopic (exact) mass is 319 g/mol. The third kappa shape index (κ3) is 6.24. The molecule has 0 aromatic heterocycles. The van der Waals surface area contributed by atoms with Gasteiger partial charge in [0.05, 0.1) is 6.16 Å². The first kappa shape index (κ1) is 17.6. The molecule has 0 radical (unpaired) electrons. The Labute approximate surface area is 121 Å². The van der Waals surface area contributed by atoms with E-state index in [1.165, 1.54) is 25.3 Å². The van der Waals surface area contributed by atoms with Gasteiger partial charge in [0.1, 0.15) is 11.8 Å². The molecule has 5 N–H and O–H groups in total. The molecule has 0 bridgehead atoms. The fourth-order valence-electron chi connectivity index (χ4n) is 1.72. The molecule has 0 saturated heterocycles. The van der Waals surface area contributed by atoms with Gasteiger partial charge in [-0.3, -0.25) is 9.36 Å². The molecule has 0 spiro atoms. The molecule has 0 aliphatic carbocycles. The molecule has 118 valence electrons. The molecule has 1 rings (SSSR count). The second-order valence-electron chi connectivity index (χ2n) is 4.46. The van der Waals surface area contributed by atoms with Crippen molar-refractivity contribution in [2.24, 2.45) is 5.73 Å². The van der Waals surface area contributed by atoms with Gasteiger partial charge in [-0.25, -0.2) is 0 Å². The minimum Gasteiger partial charge on any atom is -0.480 e. The van der Waals surface area contributed by atoms with Crippen LogP contribution in [0.15, 0.2) is 18.2 Å². The first-order valence-corrected chi connectivity index (χ1v) is 7.79. The molecular formula is C12H18NO7P. The number of benzene rings is 1. The van der Waals surface area contributed by atoms with Crippen molar-refractivity contribution in [3.8, 4) is 5.75 Å². The number of methoxy groups -OCH3 is 1. The average Bonchev–Trinajstić information content (AvgIpc) is 2.35. The van der Waals surface area contributed by atoms with Crippen molar-refractivity contribution in [2.45, 2.75) is 18.6 Å². The van der Waals surface area contributed by atoms with Crippen molar-refractivity contribution in [2.75, 3.05) is 13.9 Å². The third-order valence-electron chi connectivity index (χ3n) is 2.60. The number of carbonyl (C=O) groups is 1. The lowest BCUT2D eigenvalue weighted by Crippen LogP contribution is -2.32. The molecule has 0 amide bonds. The number of aliphatic carboxylic acids is 1. The van der Waals surface area contributed by atoms with Crippen LogP contribution in [0.25, 0.3) is 0 Å². The summed E-state index contributed by atoms with van der Waals surface area (Å²) in [7, 11) is -2.77. The molecule has 0 heterocycles. The number of carboxylic acid groups (broad SMARTS) is 1. The maximum atomic E-state index is 11.0. The van der Waals surface area contributed by atoms with Crippen LogP contribution in [-0.2, 0) is 26.7 Å². The lowest BCUT2D eigenvalue weighted by Gasteiger charge is -2.14. The summed E-state index contributed by atoms with van der Waals surface area (Å²) in [5.41, 5.74) is 6.31. The number of hydrogen-bond acceptors (Lipinski definition) is 5. The lowest BCUT2D eigenvalue weighted by molar-refractivity contribution is -0.138. The number of rotatable bonds is 8. The second-order valence-corrected chi connectivity index (χ2v) is 6.11. The van der Waals surface area contributed by atoms with Crippen molar-refractivity contribution in [1.29, 1.82) is 0 Å². The molecule has 8 nitrogen and oxygen atoms in total. The predicted octanol–water partition coefficient (Wildman–Crippen LogP) is 0.301. The number of hydrogen-bond donors (Lipinski definition) is 4. The minimum atomic E-state index is -4.21. The molecule has 0 aliphatic rings. The maximum absolute atomic E-state index is 11.0. The maximum Gasteiger partial charge on any atom is 0.329 e. The average molecular weight is 319 g/mol. The van der Waals surface area contributed by atoms with E-state index in [0.29, 0.717) is 16.9 Å². The number of ether oxygens (including phenoxy) is 2. The first-order valence-electron chi connectivity index (χ1n) is 5.99. The van der Waals surface area contributed by atoms with Crippen molar-refractivity contribution in [1.82, 2.24) is 0 Å². The smallest absolute Gasteiger partial charge is 0.329 e. The van der Waals surface area contributed by atoms with Crippen LogP contribution in [0.3, 0.4) is 0 Å². The summed E-state index contributed by atoms with van der Waals surface area (Å²) >= 11 is 0. The van der Waals surface area contributed by atoms with Gasteiger partial charge in [-0.1, -0.05) is 12.1 Å². The van der Waals surface area contributed by atoms with Crippen LogP contribution in [-0.4, -0.2) is 40.8 Å². The van der Waals surface area contributed by atoms with Gasteiger partial charge in [0.25, 0.3) is 0 Å². The summed E-state index contributed by atoms with van der Waals surface area (Å²) in [6, 6.07) is 3.35. The molecule has 0 aliphatic heterocycles. The van der Waals surface area contributed by atoms with Gasteiger partial charge in [0, 0.05) is 13.5 Å². The molecule has 21 heavy (non-hydrogen) atoms. The zero-order valence-corrected chi connectivity index (χ0v) is 12.3. The van der Waals surface area contributed by atoms with Gasteiger partial charge in [0.15, 0.2) is 6.79 Å². The number of nitrogens with two attached hydrogens (primary N) is 1. The van der Waals surface area contributed by atoms with Gasteiger partial charge in [-0.05, 0) is 17.2 Å². The minimum absolute atomic E-state index is 0.0244. The molecule has 1 atom stereocenters. The standard InChI is InChI=1S/C12H18NO7P/c1-19-7-20-11-3-2-8(6-21(16,17)18)4-9(11)5-10(13)12(14)15/h2-4,10H,5-7,13H2,1H3,(H,14,15)(H2,16,17,18)/t10-/m0/s1. The quantitative estimate of drug-likeness (QED) is 0.396.